The van der Waals surface area contributed by atoms with E-state index in [1.807, 2.05) is 24.3 Å². The maximum atomic E-state index is 12.5. The number of carbonyl (C=O) groups excluding carboxylic acids is 1. The Bertz CT molecular complexity index is 803. The lowest BCUT2D eigenvalue weighted by molar-refractivity contribution is 0.102. The molecule has 1 aromatic carbocycles. The van der Waals surface area contributed by atoms with Crippen molar-refractivity contribution >= 4 is 22.6 Å². The van der Waals surface area contributed by atoms with Gasteiger partial charge in [-0.25, -0.2) is 0 Å². The molecule has 0 saturated heterocycles. The number of hydrogen-bond donors (Lipinski definition) is 2. The van der Waals surface area contributed by atoms with Crippen LogP contribution in [0.25, 0.3) is 10.9 Å². The minimum absolute atomic E-state index is 0.220. The maximum Gasteiger partial charge on any atom is 0.257 e. The van der Waals surface area contributed by atoms with E-state index in [1.165, 1.54) is 0 Å². The van der Waals surface area contributed by atoms with Gasteiger partial charge in [-0.2, -0.15) is 5.10 Å². The Balaban J connectivity index is 1.97. The number of carbonyl (C=O) groups is 1. The Hall–Kier alpha value is -2.73. The van der Waals surface area contributed by atoms with Crippen LogP contribution in [0.4, 0.5) is 5.82 Å². The van der Waals surface area contributed by atoms with Crippen LogP contribution in [0.3, 0.4) is 0 Å². The number of rotatable bonds is 3. The summed E-state index contributed by atoms with van der Waals surface area (Å²) >= 11 is 0. The molecular weight excluding hydrogens is 266 g/mol. The van der Waals surface area contributed by atoms with E-state index in [2.05, 4.69) is 15.4 Å². The quantitative estimate of drug-likeness (QED) is 0.764. The smallest absolute Gasteiger partial charge is 0.257 e. The van der Waals surface area contributed by atoms with Gasteiger partial charge in [-0.15, -0.1) is 0 Å². The van der Waals surface area contributed by atoms with Crippen molar-refractivity contribution in [2.24, 2.45) is 12.8 Å². The summed E-state index contributed by atoms with van der Waals surface area (Å²) in [5, 5.41) is 7.84. The van der Waals surface area contributed by atoms with Crippen molar-refractivity contribution in [3.63, 3.8) is 0 Å². The number of nitrogens with one attached hydrogen (secondary N) is 1. The minimum atomic E-state index is -0.220. The molecule has 0 fully saturated rings. The Kier molecular flexibility index (Phi) is 3.37. The first kappa shape index (κ1) is 13.3. The second-order valence-electron chi connectivity index (χ2n) is 4.71. The van der Waals surface area contributed by atoms with E-state index in [0.717, 1.165) is 16.5 Å². The minimum Gasteiger partial charge on any atom is -0.326 e. The molecule has 106 valence electrons. The molecule has 3 N–H and O–H groups in total. The zero-order chi connectivity index (χ0) is 14.8. The van der Waals surface area contributed by atoms with Gasteiger partial charge in [0.05, 0.1) is 5.52 Å². The van der Waals surface area contributed by atoms with Gasteiger partial charge >= 0.3 is 0 Å². The fraction of sp³-hybridized carbons (Fsp3) is 0.133. The summed E-state index contributed by atoms with van der Waals surface area (Å²) in [6.45, 7) is 0.320. The molecule has 1 amide bonds. The molecule has 0 bridgehead atoms. The number of hydrogen-bond acceptors (Lipinski definition) is 4. The highest BCUT2D eigenvalue weighted by atomic mass is 16.1. The van der Waals surface area contributed by atoms with Crippen molar-refractivity contribution in [3.8, 4) is 0 Å². The third-order valence-electron chi connectivity index (χ3n) is 3.25. The van der Waals surface area contributed by atoms with Crippen molar-refractivity contribution in [2.75, 3.05) is 5.32 Å². The fourth-order valence-electron chi connectivity index (χ4n) is 2.27. The summed E-state index contributed by atoms with van der Waals surface area (Å²) in [5.74, 6) is 0.271. The molecule has 0 saturated carbocycles. The van der Waals surface area contributed by atoms with Gasteiger partial charge in [0.15, 0.2) is 5.82 Å². The highest BCUT2D eigenvalue weighted by Gasteiger charge is 2.14. The lowest BCUT2D eigenvalue weighted by Gasteiger charge is -2.06. The van der Waals surface area contributed by atoms with E-state index >= 15 is 0 Å². The number of anilines is 1. The van der Waals surface area contributed by atoms with Gasteiger partial charge in [0, 0.05) is 42.5 Å². The van der Waals surface area contributed by atoms with Gasteiger partial charge in [-0.05, 0) is 18.2 Å². The van der Waals surface area contributed by atoms with Crippen LogP contribution in [0.1, 0.15) is 15.9 Å². The second-order valence-corrected chi connectivity index (χ2v) is 4.71. The predicted molar refractivity (Wildman–Crippen MR) is 80.8 cm³/mol. The van der Waals surface area contributed by atoms with E-state index in [0.29, 0.717) is 17.9 Å². The van der Waals surface area contributed by atoms with Crippen molar-refractivity contribution < 1.29 is 4.79 Å². The van der Waals surface area contributed by atoms with Crippen LogP contribution in [0.2, 0.25) is 0 Å². The van der Waals surface area contributed by atoms with Crippen LogP contribution in [-0.2, 0) is 13.6 Å². The molecular formula is C15H15N5O. The van der Waals surface area contributed by atoms with Crippen LogP contribution in [0.5, 0.6) is 0 Å². The normalized spacial score (nSPS) is 10.8. The van der Waals surface area contributed by atoms with Gasteiger partial charge in [-0.1, -0.05) is 12.1 Å². The molecule has 0 radical (unpaired) electrons. The van der Waals surface area contributed by atoms with E-state index < -0.39 is 0 Å². The molecule has 0 spiro atoms. The van der Waals surface area contributed by atoms with Gasteiger partial charge in [-0.3, -0.25) is 14.5 Å². The first-order chi connectivity index (χ1) is 10.2. The summed E-state index contributed by atoms with van der Waals surface area (Å²) in [5.41, 5.74) is 7.80. The molecule has 0 aliphatic heterocycles. The Morgan fingerprint density at radius 2 is 2.19 bits per heavy atom. The maximum absolute atomic E-state index is 12.5. The number of fused-ring (bicyclic) bond motifs is 1. The molecule has 0 atom stereocenters. The molecule has 3 rings (SSSR count). The number of pyridine rings is 1. The highest BCUT2D eigenvalue weighted by molar-refractivity contribution is 6.12. The summed E-state index contributed by atoms with van der Waals surface area (Å²) in [4.78, 5) is 16.7. The summed E-state index contributed by atoms with van der Waals surface area (Å²) < 4.78 is 1.63. The molecule has 2 aromatic heterocycles. The molecule has 2 heterocycles. The van der Waals surface area contributed by atoms with E-state index in [4.69, 9.17) is 5.73 Å². The predicted octanol–water partition coefficient (Wildman–Crippen LogP) is 1.68. The van der Waals surface area contributed by atoms with Gasteiger partial charge in [0.25, 0.3) is 5.91 Å². The number of aryl methyl sites for hydroxylation is 1. The van der Waals surface area contributed by atoms with Gasteiger partial charge in [0.1, 0.15) is 0 Å². The average Bonchev–Trinajstić information content (AvgIpc) is 2.86. The SMILES string of the molecule is Cn1cc(CN)c(NC(=O)c2cccc3ncccc23)n1. The molecule has 0 aliphatic carbocycles. The number of nitrogens with two attached hydrogens (primary N) is 1. The number of amides is 1. The molecule has 0 unspecified atom stereocenters. The number of aromatic nitrogens is 3. The van der Waals surface area contributed by atoms with Crippen molar-refractivity contribution in [1.29, 1.82) is 0 Å². The second kappa shape index (κ2) is 5.34. The van der Waals surface area contributed by atoms with Crippen LogP contribution in [0, 0.1) is 0 Å². The topological polar surface area (TPSA) is 85.8 Å². The molecule has 6 nitrogen and oxygen atoms in total. The first-order valence-corrected chi connectivity index (χ1v) is 6.56. The molecule has 0 aliphatic rings. The van der Waals surface area contributed by atoms with E-state index in [1.54, 1.807) is 30.2 Å². The third-order valence-corrected chi connectivity index (χ3v) is 3.25. The fourth-order valence-corrected chi connectivity index (χ4v) is 2.27. The van der Waals surface area contributed by atoms with Gasteiger partial charge in [0.2, 0.25) is 0 Å². The number of benzene rings is 1. The van der Waals surface area contributed by atoms with Crippen molar-refractivity contribution in [2.45, 2.75) is 6.54 Å². The molecule has 6 heteroatoms. The lowest BCUT2D eigenvalue weighted by atomic mass is 10.1. The van der Waals surface area contributed by atoms with Crippen molar-refractivity contribution in [3.05, 3.63) is 53.9 Å². The van der Waals surface area contributed by atoms with E-state index in [9.17, 15) is 4.79 Å². The van der Waals surface area contributed by atoms with Crippen molar-refractivity contribution in [1.82, 2.24) is 14.8 Å². The lowest BCUT2D eigenvalue weighted by Crippen LogP contribution is -2.14. The highest BCUT2D eigenvalue weighted by Crippen LogP contribution is 2.19. The van der Waals surface area contributed by atoms with Crippen LogP contribution < -0.4 is 11.1 Å². The Morgan fingerprint density at radius 1 is 1.33 bits per heavy atom. The van der Waals surface area contributed by atoms with E-state index in [-0.39, 0.29) is 5.91 Å². The zero-order valence-corrected chi connectivity index (χ0v) is 11.6. The summed E-state index contributed by atoms with van der Waals surface area (Å²) in [6.07, 6.45) is 3.50. The summed E-state index contributed by atoms with van der Waals surface area (Å²) in [6, 6.07) is 9.14. The largest absolute Gasteiger partial charge is 0.326 e. The average molecular weight is 281 g/mol. The van der Waals surface area contributed by atoms with Crippen LogP contribution in [0.15, 0.2) is 42.7 Å². The Labute approximate surface area is 121 Å². The first-order valence-electron chi connectivity index (χ1n) is 6.56. The molecule has 21 heavy (non-hydrogen) atoms. The summed E-state index contributed by atoms with van der Waals surface area (Å²) in [7, 11) is 1.79. The van der Waals surface area contributed by atoms with Crippen LogP contribution >= 0.6 is 0 Å². The number of nitrogens with zero attached hydrogens (tertiary/aromatic N) is 3. The molecule has 3 aromatic rings. The monoisotopic (exact) mass is 281 g/mol. The Morgan fingerprint density at radius 3 is 3.00 bits per heavy atom. The third kappa shape index (κ3) is 2.48. The van der Waals surface area contributed by atoms with Crippen LogP contribution in [-0.4, -0.2) is 20.7 Å². The standard InChI is InChI=1S/C15H15N5O/c1-20-9-10(8-16)14(19-20)18-15(21)12-4-2-6-13-11(12)5-3-7-17-13/h2-7,9H,8,16H2,1H3,(H,18,19,21). The zero-order valence-electron chi connectivity index (χ0n) is 11.6. The van der Waals surface area contributed by atoms with Gasteiger partial charge < -0.3 is 11.1 Å².